The van der Waals surface area contributed by atoms with Crippen molar-refractivity contribution in [2.45, 2.75) is 33.1 Å². The van der Waals surface area contributed by atoms with Crippen LogP contribution in [0.3, 0.4) is 0 Å². The molecule has 2 rings (SSSR count). The van der Waals surface area contributed by atoms with Crippen LogP contribution in [-0.4, -0.2) is 54.6 Å². The lowest BCUT2D eigenvalue weighted by molar-refractivity contribution is -0.143. The third-order valence-electron chi connectivity index (χ3n) is 4.38. The van der Waals surface area contributed by atoms with E-state index in [1.807, 2.05) is 13.8 Å². The van der Waals surface area contributed by atoms with Crippen LogP contribution >= 0.6 is 0 Å². The fraction of sp³-hybridized carbons (Fsp3) is 0.579. The fourth-order valence-corrected chi connectivity index (χ4v) is 3.09. The van der Waals surface area contributed by atoms with E-state index in [1.54, 1.807) is 18.2 Å². The molecule has 1 N–H and O–H groups in total. The van der Waals surface area contributed by atoms with Crippen LogP contribution in [0.4, 0.5) is 0 Å². The maximum absolute atomic E-state index is 12.5. The zero-order valence-electron chi connectivity index (χ0n) is 15.0. The van der Waals surface area contributed by atoms with Gasteiger partial charge in [0.15, 0.2) is 17.3 Å². The van der Waals surface area contributed by atoms with E-state index in [1.165, 1.54) is 0 Å². The Hall–Kier alpha value is -2.08. The third kappa shape index (κ3) is 5.46. The molecule has 1 fully saturated rings. The highest BCUT2D eigenvalue weighted by molar-refractivity contribution is 5.96. The van der Waals surface area contributed by atoms with E-state index in [0.717, 1.165) is 19.4 Å². The molecule has 0 aliphatic carbocycles. The first-order chi connectivity index (χ1) is 12.0. The average molecular weight is 349 g/mol. The monoisotopic (exact) mass is 349 g/mol. The molecule has 6 heteroatoms. The molecule has 1 aromatic rings. The number of carbonyl (C=O) groups excluding carboxylic acids is 1. The molecular formula is C19H27NO5. The number of hydrogen-bond donors (Lipinski definition) is 1. The molecule has 1 aliphatic heterocycles. The molecular weight excluding hydrogens is 322 g/mol. The van der Waals surface area contributed by atoms with Crippen molar-refractivity contribution in [1.29, 1.82) is 0 Å². The van der Waals surface area contributed by atoms with Gasteiger partial charge in [-0.25, -0.2) is 0 Å². The van der Waals surface area contributed by atoms with Gasteiger partial charge in [-0.1, -0.05) is 0 Å². The summed E-state index contributed by atoms with van der Waals surface area (Å²) in [5, 5.41) is 9.14. The second-order valence-corrected chi connectivity index (χ2v) is 6.18. The van der Waals surface area contributed by atoms with E-state index in [2.05, 4.69) is 4.90 Å². The predicted octanol–water partition coefficient (Wildman–Crippen LogP) is 2.85. The fourth-order valence-electron chi connectivity index (χ4n) is 3.09. The lowest BCUT2D eigenvalue weighted by Crippen LogP contribution is -2.39. The molecule has 6 nitrogen and oxygen atoms in total. The molecule has 25 heavy (non-hydrogen) atoms. The van der Waals surface area contributed by atoms with Crippen LogP contribution in [0.2, 0.25) is 0 Å². The van der Waals surface area contributed by atoms with Crippen molar-refractivity contribution in [2.75, 3.05) is 32.8 Å². The lowest BCUT2D eigenvalue weighted by atomic mass is 9.98. The van der Waals surface area contributed by atoms with Gasteiger partial charge in [0.1, 0.15) is 0 Å². The smallest absolute Gasteiger partial charge is 0.307 e. The van der Waals surface area contributed by atoms with E-state index in [-0.39, 0.29) is 11.7 Å². The molecule has 1 aromatic carbocycles. The van der Waals surface area contributed by atoms with E-state index in [0.29, 0.717) is 49.8 Å². The Morgan fingerprint density at radius 1 is 1.20 bits per heavy atom. The summed E-state index contributed by atoms with van der Waals surface area (Å²) >= 11 is 0. The number of ether oxygens (including phenoxy) is 2. The van der Waals surface area contributed by atoms with Crippen LogP contribution < -0.4 is 9.47 Å². The molecule has 0 spiro atoms. The Balaban J connectivity index is 1.96. The van der Waals surface area contributed by atoms with Crippen molar-refractivity contribution < 1.29 is 24.2 Å². The minimum absolute atomic E-state index is 0.0291. The van der Waals surface area contributed by atoms with Gasteiger partial charge in [-0.2, -0.15) is 0 Å². The summed E-state index contributed by atoms with van der Waals surface area (Å²) in [6, 6.07) is 5.25. The lowest BCUT2D eigenvalue weighted by Gasteiger charge is -2.30. The molecule has 0 aromatic heterocycles. The molecule has 1 atom stereocenters. The number of hydrogen-bond acceptors (Lipinski definition) is 5. The highest BCUT2D eigenvalue weighted by Crippen LogP contribution is 2.29. The number of carboxylic acid groups (broad SMARTS) is 1. The first-order valence-corrected chi connectivity index (χ1v) is 8.93. The van der Waals surface area contributed by atoms with Crippen LogP contribution in [0, 0.1) is 5.92 Å². The van der Waals surface area contributed by atoms with Gasteiger partial charge in [0, 0.05) is 25.1 Å². The van der Waals surface area contributed by atoms with E-state index in [9.17, 15) is 9.59 Å². The predicted molar refractivity (Wildman–Crippen MR) is 94.5 cm³/mol. The number of carbonyl (C=O) groups is 2. The zero-order valence-corrected chi connectivity index (χ0v) is 15.0. The van der Waals surface area contributed by atoms with Crippen molar-refractivity contribution in [3.63, 3.8) is 0 Å². The Morgan fingerprint density at radius 3 is 2.60 bits per heavy atom. The number of ketones is 1. The maximum Gasteiger partial charge on any atom is 0.307 e. The maximum atomic E-state index is 12.5. The molecule has 1 aliphatic rings. The number of nitrogens with zero attached hydrogens (tertiary/aromatic N) is 1. The Bertz CT molecular complexity index is 601. The molecule has 0 saturated carbocycles. The summed E-state index contributed by atoms with van der Waals surface area (Å²) in [6.07, 6.45) is 1.95. The largest absolute Gasteiger partial charge is 0.490 e. The normalized spacial score (nSPS) is 17.9. The Labute approximate surface area is 148 Å². The van der Waals surface area contributed by atoms with Gasteiger partial charge in [0.05, 0.1) is 19.1 Å². The van der Waals surface area contributed by atoms with Gasteiger partial charge in [-0.05, 0) is 51.4 Å². The van der Waals surface area contributed by atoms with Gasteiger partial charge < -0.3 is 19.5 Å². The Morgan fingerprint density at radius 2 is 1.92 bits per heavy atom. The minimum Gasteiger partial charge on any atom is -0.490 e. The van der Waals surface area contributed by atoms with E-state index >= 15 is 0 Å². The number of carboxylic acids is 1. The molecule has 0 bridgehead atoms. The molecule has 1 heterocycles. The average Bonchev–Trinajstić information content (AvgIpc) is 2.61. The molecule has 138 valence electrons. The second kappa shape index (κ2) is 9.42. The van der Waals surface area contributed by atoms with Gasteiger partial charge in [-0.15, -0.1) is 0 Å². The van der Waals surface area contributed by atoms with E-state index in [4.69, 9.17) is 14.6 Å². The van der Waals surface area contributed by atoms with E-state index < -0.39 is 5.97 Å². The van der Waals surface area contributed by atoms with Crippen molar-refractivity contribution >= 4 is 11.8 Å². The van der Waals surface area contributed by atoms with Crippen LogP contribution in [0.5, 0.6) is 11.5 Å². The first-order valence-electron chi connectivity index (χ1n) is 8.93. The summed E-state index contributed by atoms with van der Waals surface area (Å²) in [5.74, 6) is 0.185. The molecule has 0 radical (unpaired) electrons. The third-order valence-corrected chi connectivity index (χ3v) is 4.38. The van der Waals surface area contributed by atoms with Crippen LogP contribution in [0.1, 0.15) is 43.5 Å². The number of aliphatic carboxylic acids is 1. The summed E-state index contributed by atoms with van der Waals surface area (Å²) < 4.78 is 11.1. The number of piperidine rings is 1. The van der Waals surface area contributed by atoms with Crippen molar-refractivity contribution in [3.05, 3.63) is 23.8 Å². The quantitative estimate of drug-likeness (QED) is 0.691. The number of benzene rings is 1. The number of Topliss-reactive ketones (excluding diaryl/α,β-unsaturated/α-hetero) is 1. The van der Waals surface area contributed by atoms with Gasteiger partial charge in [0.25, 0.3) is 0 Å². The summed E-state index contributed by atoms with van der Waals surface area (Å²) in [6.45, 7) is 6.78. The summed E-state index contributed by atoms with van der Waals surface area (Å²) in [5.41, 5.74) is 0.596. The van der Waals surface area contributed by atoms with Crippen molar-refractivity contribution in [3.8, 4) is 11.5 Å². The summed E-state index contributed by atoms with van der Waals surface area (Å²) in [7, 11) is 0. The van der Waals surface area contributed by atoms with Crippen LogP contribution in [0.15, 0.2) is 18.2 Å². The molecule has 0 amide bonds. The topological polar surface area (TPSA) is 76.1 Å². The molecule has 1 saturated heterocycles. The molecule has 1 unspecified atom stereocenters. The van der Waals surface area contributed by atoms with Crippen molar-refractivity contribution in [2.24, 2.45) is 5.92 Å². The first kappa shape index (κ1) is 19.2. The van der Waals surface area contributed by atoms with Gasteiger partial charge in [-0.3, -0.25) is 9.59 Å². The standard InChI is InChI=1S/C19H27NO5/c1-3-24-17-8-7-14(12-18(17)25-4-2)16(21)9-11-20-10-5-6-15(13-20)19(22)23/h7-8,12,15H,3-6,9-11,13H2,1-2H3,(H,22,23). The van der Waals surface area contributed by atoms with Gasteiger partial charge in [0.2, 0.25) is 0 Å². The van der Waals surface area contributed by atoms with Crippen LogP contribution in [-0.2, 0) is 4.79 Å². The van der Waals surface area contributed by atoms with Gasteiger partial charge >= 0.3 is 5.97 Å². The Kier molecular flexibility index (Phi) is 7.25. The highest BCUT2D eigenvalue weighted by atomic mass is 16.5. The SMILES string of the molecule is CCOc1ccc(C(=O)CCN2CCCC(C(=O)O)C2)cc1OCC. The highest BCUT2D eigenvalue weighted by Gasteiger charge is 2.25. The van der Waals surface area contributed by atoms with Crippen molar-refractivity contribution in [1.82, 2.24) is 4.90 Å². The number of likely N-dealkylation sites (tertiary alicyclic amines) is 1. The number of rotatable bonds is 9. The second-order valence-electron chi connectivity index (χ2n) is 6.18. The van der Waals surface area contributed by atoms with Crippen LogP contribution in [0.25, 0.3) is 0 Å². The zero-order chi connectivity index (χ0) is 18.2. The minimum atomic E-state index is -0.746. The summed E-state index contributed by atoms with van der Waals surface area (Å²) in [4.78, 5) is 25.7.